The minimum Gasteiger partial charge on any atom is -0.383 e. The molecule has 0 amide bonds. The minimum absolute atomic E-state index is 0.226. The van der Waals surface area contributed by atoms with Crippen LogP contribution < -0.4 is 5.32 Å². The lowest BCUT2D eigenvalue weighted by molar-refractivity contribution is 0.425. The van der Waals surface area contributed by atoms with Gasteiger partial charge in [0, 0.05) is 41.7 Å². The number of benzene rings is 2. The number of hydrogen-bond donors (Lipinski definition) is 1. The molecule has 0 unspecified atom stereocenters. The Balaban J connectivity index is 1.88. The van der Waals surface area contributed by atoms with Crippen LogP contribution in [0, 0.1) is 5.82 Å². The first kappa shape index (κ1) is 15.1. The molecule has 0 radical (unpaired) electrons. The van der Waals surface area contributed by atoms with Gasteiger partial charge in [-0.05, 0) is 37.9 Å². The lowest BCUT2D eigenvalue weighted by atomic mass is 10.1. The fourth-order valence-corrected chi connectivity index (χ4v) is 3.37. The summed E-state index contributed by atoms with van der Waals surface area (Å²) in [6, 6.07) is 13.2. The highest BCUT2D eigenvalue weighted by Crippen LogP contribution is 2.42. The number of rotatable bonds is 4. The molecule has 122 valence electrons. The van der Waals surface area contributed by atoms with E-state index in [0.29, 0.717) is 0 Å². The molecule has 1 aliphatic rings. The molecule has 1 aromatic heterocycles. The summed E-state index contributed by atoms with van der Waals surface area (Å²) in [4.78, 5) is 6.96. The summed E-state index contributed by atoms with van der Waals surface area (Å²) in [5, 5.41) is 4.39. The molecule has 0 atom stereocenters. The third-order valence-corrected chi connectivity index (χ3v) is 4.55. The van der Waals surface area contributed by atoms with Crippen molar-refractivity contribution < 1.29 is 4.39 Å². The van der Waals surface area contributed by atoms with Crippen LogP contribution in [0.1, 0.15) is 11.1 Å². The van der Waals surface area contributed by atoms with E-state index in [4.69, 9.17) is 4.98 Å². The Morgan fingerprint density at radius 2 is 2.00 bits per heavy atom. The Labute approximate surface area is 141 Å². The Kier molecular flexibility index (Phi) is 3.69. The molecule has 0 aliphatic heterocycles. The Morgan fingerprint density at radius 3 is 2.83 bits per heavy atom. The maximum Gasteiger partial charge on any atom is 0.124 e. The first-order valence-electron chi connectivity index (χ1n) is 8.22. The Bertz CT molecular complexity index is 918. The van der Waals surface area contributed by atoms with Gasteiger partial charge in [-0.2, -0.15) is 0 Å². The van der Waals surface area contributed by atoms with Gasteiger partial charge in [-0.15, -0.1) is 0 Å². The highest BCUT2D eigenvalue weighted by atomic mass is 19.1. The van der Waals surface area contributed by atoms with E-state index >= 15 is 0 Å². The third kappa shape index (κ3) is 2.53. The molecular weight excluding hydrogens is 301 g/mol. The topological polar surface area (TPSA) is 28.2 Å². The molecule has 3 aromatic rings. The van der Waals surface area contributed by atoms with Crippen LogP contribution in [0.3, 0.4) is 0 Å². The van der Waals surface area contributed by atoms with Crippen molar-refractivity contribution in [3.63, 3.8) is 0 Å². The van der Waals surface area contributed by atoms with Gasteiger partial charge in [-0.25, -0.2) is 9.37 Å². The van der Waals surface area contributed by atoms with Crippen molar-refractivity contribution in [1.82, 2.24) is 9.88 Å². The van der Waals surface area contributed by atoms with Crippen LogP contribution in [-0.4, -0.2) is 37.1 Å². The van der Waals surface area contributed by atoms with Gasteiger partial charge >= 0.3 is 0 Å². The van der Waals surface area contributed by atoms with E-state index in [0.717, 1.165) is 41.8 Å². The third-order valence-electron chi connectivity index (χ3n) is 4.55. The second-order valence-electron chi connectivity index (χ2n) is 6.54. The fraction of sp³-hybridized carbons (Fsp3) is 0.250. The molecule has 1 aliphatic carbocycles. The Hall–Kier alpha value is -2.46. The van der Waals surface area contributed by atoms with Gasteiger partial charge in [0.2, 0.25) is 0 Å². The van der Waals surface area contributed by atoms with Gasteiger partial charge in [0.05, 0.1) is 11.2 Å². The number of anilines is 1. The average molecular weight is 321 g/mol. The average Bonchev–Trinajstić information content (AvgIpc) is 2.93. The van der Waals surface area contributed by atoms with Crippen molar-refractivity contribution in [2.45, 2.75) is 6.42 Å². The molecule has 0 saturated carbocycles. The van der Waals surface area contributed by atoms with Crippen molar-refractivity contribution in [2.75, 3.05) is 32.5 Å². The molecule has 24 heavy (non-hydrogen) atoms. The van der Waals surface area contributed by atoms with E-state index in [1.807, 2.05) is 20.2 Å². The van der Waals surface area contributed by atoms with Crippen molar-refractivity contribution in [2.24, 2.45) is 0 Å². The number of pyridine rings is 1. The van der Waals surface area contributed by atoms with Crippen LogP contribution in [0.2, 0.25) is 0 Å². The summed E-state index contributed by atoms with van der Waals surface area (Å²) in [6.07, 6.45) is 0.843. The highest BCUT2D eigenvalue weighted by molar-refractivity contribution is 5.98. The van der Waals surface area contributed by atoms with Crippen molar-refractivity contribution >= 4 is 16.6 Å². The zero-order chi connectivity index (χ0) is 16.7. The molecule has 2 aromatic carbocycles. The standard InChI is InChI=1S/C20H20FN3/c1-24(2)10-9-22-19-16-12-14(21)7-8-18(16)23-20-15-6-4-3-5-13(15)11-17(19)20/h3-8,12H,9-11H2,1-2H3,(H,22,23). The number of nitrogens with zero attached hydrogens (tertiary/aromatic N) is 2. The van der Waals surface area contributed by atoms with E-state index < -0.39 is 0 Å². The second-order valence-corrected chi connectivity index (χ2v) is 6.54. The fourth-order valence-electron chi connectivity index (χ4n) is 3.37. The zero-order valence-corrected chi connectivity index (χ0v) is 13.9. The van der Waals surface area contributed by atoms with Crippen molar-refractivity contribution in [3.05, 3.63) is 59.4 Å². The molecule has 4 heteroatoms. The maximum absolute atomic E-state index is 13.8. The van der Waals surface area contributed by atoms with E-state index in [1.165, 1.54) is 22.8 Å². The summed E-state index contributed by atoms with van der Waals surface area (Å²) in [5.74, 6) is -0.226. The molecule has 1 heterocycles. The predicted octanol–water partition coefficient (Wildman–Crippen LogP) is 3.92. The first-order chi connectivity index (χ1) is 11.6. The van der Waals surface area contributed by atoms with Crippen LogP contribution in [0.25, 0.3) is 22.2 Å². The Morgan fingerprint density at radius 1 is 1.17 bits per heavy atom. The predicted molar refractivity (Wildman–Crippen MR) is 97.0 cm³/mol. The maximum atomic E-state index is 13.8. The van der Waals surface area contributed by atoms with E-state index in [9.17, 15) is 4.39 Å². The quantitative estimate of drug-likeness (QED) is 0.617. The first-order valence-corrected chi connectivity index (χ1v) is 8.22. The smallest absolute Gasteiger partial charge is 0.124 e. The summed E-state index contributed by atoms with van der Waals surface area (Å²) in [5.41, 5.74) is 6.53. The van der Waals surface area contributed by atoms with Crippen LogP contribution in [0.15, 0.2) is 42.5 Å². The SMILES string of the molecule is CN(C)CCNc1c2c(nc3ccc(F)cc13)-c1ccccc1C2. The number of likely N-dealkylation sites (N-methyl/N-ethyl adjacent to an activating group) is 1. The molecule has 4 rings (SSSR count). The number of nitrogens with one attached hydrogen (secondary N) is 1. The number of hydrogen-bond acceptors (Lipinski definition) is 3. The van der Waals surface area contributed by atoms with Gasteiger partial charge in [-0.3, -0.25) is 0 Å². The van der Waals surface area contributed by atoms with Crippen molar-refractivity contribution in [3.8, 4) is 11.3 Å². The monoisotopic (exact) mass is 321 g/mol. The van der Waals surface area contributed by atoms with Gasteiger partial charge in [-0.1, -0.05) is 24.3 Å². The number of fused-ring (bicyclic) bond motifs is 4. The van der Waals surface area contributed by atoms with Crippen LogP contribution in [0.4, 0.5) is 10.1 Å². The van der Waals surface area contributed by atoms with E-state index in [-0.39, 0.29) is 5.82 Å². The molecule has 0 saturated heterocycles. The van der Waals surface area contributed by atoms with Crippen molar-refractivity contribution in [1.29, 1.82) is 0 Å². The molecule has 0 bridgehead atoms. The largest absolute Gasteiger partial charge is 0.383 e. The number of halogens is 1. The summed E-state index contributed by atoms with van der Waals surface area (Å²) in [7, 11) is 4.10. The van der Waals surface area contributed by atoms with Crippen LogP contribution in [0.5, 0.6) is 0 Å². The number of aromatic nitrogens is 1. The lowest BCUT2D eigenvalue weighted by Gasteiger charge is -2.16. The molecule has 1 N–H and O–H groups in total. The summed E-state index contributed by atoms with van der Waals surface area (Å²) < 4.78 is 13.8. The van der Waals surface area contributed by atoms with E-state index in [2.05, 4.69) is 28.4 Å². The molecule has 0 fully saturated rings. The van der Waals surface area contributed by atoms with Gasteiger partial charge < -0.3 is 10.2 Å². The van der Waals surface area contributed by atoms with E-state index in [1.54, 1.807) is 12.1 Å². The second kappa shape index (κ2) is 5.87. The normalized spacial score (nSPS) is 12.5. The van der Waals surface area contributed by atoms with Crippen LogP contribution >= 0.6 is 0 Å². The van der Waals surface area contributed by atoms with Gasteiger partial charge in [0.1, 0.15) is 5.82 Å². The lowest BCUT2D eigenvalue weighted by Crippen LogP contribution is -2.21. The molecular formula is C20H20FN3. The van der Waals surface area contributed by atoms with Gasteiger partial charge in [0.15, 0.2) is 0 Å². The zero-order valence-electron chi connectivity index (χ0n) is 13.9. The summed E-state index contributed by atoms with van der Waals surface area (Å²) >= 11 is 0. The molecule has 3 nitrogen and oxygen atoms in total. The molecule has 0 spiro atoms. The van der Waals surface area contributed by atoms with Gasteiger partial charge in [0.25, 0.3) is 0 Å². The minimum atomic E-state index is -0.226. The van der Waals surface area contributed by atoms with Crippen LogP contribution in [-0.2, 0) is 6.42 Å². The highest BCUT2D eigenvalue weighted by Gasteiger charge is 2.24. The summed E-state index contributed by atoms with van der Waals surface area (Å²) in [6.45, 7) is 1.73.